The first-order valence-electron chi connectivity index (χ1n) is 6.22. The molecule has 2 rings (SSSR count). The lowest BCUT2D eigenvalue weighted by molar-refractivity contribution is 0.230. The van der Waals surface area contributed by atoms with Gasteiger partial charge < -0.3 is 10.6 Å². The van der Waals surface area contributed by atoms with Crippen molar-refractivity contribution in [2.24, 2.45) is 5.41 Å². The summed E-state index contributed by atoms with van der Waals surface area (Å²) in [4.78, 5) is 11.6. The Morgan fingerprint density at radius 1 is 1.27 bits per heavy atom. The van der Waals surface area contributed by atoms with Gasteiger partial charge in [-0.2, -0.15) is 0 Å². The lowest BCUT2D eigenvalue weighted by Gasteiger charge is -2.23. The molecule has 0 saturated heterocycles. The maximum atomic E-state index is 11.6. The van der Waals surface area contributed by atoms with Crippen LogP contribution in [-0.4, -0.2) is 18.6 Å². The smallest absolute Gasteiger partial charge is 0.315 e. The highest BCUT2D eigenvalue weighted by molar-refractivity contribution is 5.74. The second-order valence-corrected chi connectivity index (χ2v) is 5.47. The van der Waals surface area contributed by atoms with Crippen molar-refractivity contribution in [2.75, 3.05) is 6.54 Å². The molecule has 0 heterocycles. The van der Waals surface area contributed by atoms with Crippen LogP contribution in [0.2, 0.25) is 0 Å². The number of hydrogen-bond acceptors (Lipinski definition) is 1. The lowest BCUT2D eigenvalue weighted by atomic mass is 9.96. The Bertz CT molecular complexity index is 230. The van der Waals surface area contributed by atoms with E-state index in [1.54, 1.807) is 0 Å². The average Bonchev–Trinajstić information content (AvgIpc) is 2.96. The Labute approximate surface area is 92.0 Å². The summed E-state index contributed by atoms with van der Waals surface area (Å²) >= 11 is 0. The number of urea groups is 1. The van der Waals surface area contributed by atoms with Crippen LogP contribution < -0.4 is 10.6 Å². The average molecular weight is 210 g/mol. The molecule has 2 aliphatic carbocycles. The first-order chi connectivity index (χ1) is 7.18. The van der Waals surface area contributed by atoms with E-state index in [4.69, 9.17) is 0 Å². The first kappa shape index (κ1) is 10.8. The molecule has 0 unspecified atom stereocenters. The van der Waals surface area contributed by atoms with E-state index in [0.29, 0.717) is 11.5 Å². The number of carbonyl (C=O) groups excluding carboxylic acids is 1. The number of amides is 2. The summed E-state index contributed by atoms with van der Waals surface area (Å²) in [5.74, 6) is 0. The summed E-state index contributed by atoms with van der Waals surface area (Å²) in [6, 6.07) is 0.459. The molecular weight excluding hydrogens is 188 g/mol. The molecule has 86 valence electrons. The third-order valence-corrected chi connectivity index (χ3v) is 3.72. The van der Waals surface area contributed by atoms with Gasteiger partial charge in [0.1, 0.15) is 0 Å². The largest absolute Gasteiger partial charge is 0.338 e. The topological polar surface area (TPSA) is 41.1 Å². The molecule has 2 saturated carbocycles. The number of rotatable bonds is 3. The van der Waals surface area contributed by atoms with Crippen molar-refractivity contribution in [1.29, 1.82) is 0 Å². The molecule has 0 bridgehead atoms. The van der Waals surface area contributed by atoms with Gasteiger partial charge in [0.25, 0.3) is 0 Å². The third-order valence-electron chi connectivity index (χ3n) is 3.72. The van der Waals surface area contributed by atoms with Gasteiger partial charge in [0.2, 0.25) is 0 Å². The van der Waals surface area contributed by atoms with E-state index in [9.17, 15) is 4.79 Å². The van der Waals surface area contributed by atoms with Crippen molar-refractivity contribution in [1.82, 2.24) is 10.6 Å². The van der Waals surface area contributed by atoms with Crippen LogP contribution in [0, 0.1) is 5.41 Å². The van der Waals surface area contributed by atoms with Crippen LogP contribution >= 0.6 is 0 Å². The Hall–Kier alpha value is -0.730. The van der Waals surface area contributed by atoms with Crippen molar-refractivity contribution in [2.45, 2.75) is 57.9 Å². The Morgan fingerprint density at radius 3 is 2.53 bits per heavy atom. The van der Waals surface area contributed by atoms with E-state index in [1.807, 2.05) is 0 Å². The van der Waals surface area contributed by atoms with Gasteiger partial charge in [-0.05, 0) is 31.1 Å². The maximum absolute atomic E-state index is 11.6. The molecule has 3 nitrogen and oxygen atoms in total. The molecule has 0 radical (unpaired) electrons. The summed E-state index contributed by atoms with van der Waals surface area (Å²) in [7, 11) is 0. The summed E-state index contributed by atoms with van der Waals surface area (Å²) in [5, 5.41) is 6.05. The van der Waals surface area contributed by atoms with Gasteiger partial charge >= 0.3 is 6.03 Å². The van der Waals surface area contributed by atoms with Crippen LogP contribution in [-0.2, 0) is 0 Å². The molecule has 2 aliphatic rings. The van der Waals surface area contributed by atoms with Crippen molar-refractivity contribution in [3.63, 3.8) is 0 Å². The molecule has 0 aromatic carbocycles. The number of nitrogens with one attached hydrogen (secondary N) is 2. The van der Waals surface area contributed by atoms with Gasteiger partial charge in [0, 0.05) is 12.6 Å². The third kappa shape index (κ3) is 3.40. The molecule has 3 heteroatoms. The molecule has 2 fully saturated rings. The van der Waals surface area contributed by atoms with Gasteiger partial charge in [0.15, 0.2) is 0 Å². The summed E-state index contributed by atoms with van der Waals surface area (Å²) in [5.41, 5.74) is 0.407. The van der Waals surface area contributed by atoms with Crippen LogP contribution in [0.5, 0.6) is 0 Å². The Kier molecular flexibility index (Phi) is 3.17. The zero-order valence-corrected chi connectivity index (χ0v) is 9.64. The van der Waals surface area contributed by atoms with Crippen LogP contribution in [0.15, 0.2) is 0 Å². The van der Waals surface area contributed by atoms with E-state index in [-0.39, 0.29) is 6.03 Å². The van der Waals surface area contributed by atoms with Gasteiger partial charge in [-0.3, -0.25) is 0 Å². The predicted molar refractivity (Wildman–Crippen MR) is 60.7 cm³/mol. The standard InChI is InChI=1S/C12H22N2O/c1-12(7-8-12)9-13-11(15)14-10-5-3-2-4-6-10/h10H,2-9H2,1H3,(H2,13,14,15). The number of carbonyl (C=O) groups is 1. The zero-order chi connectivity index (χ0) is 10.7. The van der Waals surface area contributed by atoms with E-state index >= 15 is 0 Å². The second kappa shape index (κ2) is 4.42. The van der Waals surface area contributed by atoms with E-state index in [0.717, 1.165) is 19.4 Å². The lowest BCUT2D eigenvalue weighted by Crippen LogP contribution is -2.44. The summed E-state index contributed by atoms with van der Waals surface area (Å²) < 4.78 is 0. The number of hydrogen-bond donors (Lipinski definition) is 2. The van der Waals surface area contributed by atoms with Crippen molar-refractivity contribution < 1.29 is 4.79 Å². The minimum Gasteiger partial charge on any atom is -0.338 e. The molecule has 2 N–H and O–H groups in total. The van der Waals surface area contributed by atoms with E-state index in [1.165, 1.54) is 32.1 Å². The molecule has 2 amide bonds. The highest BCUT2D eigenvalue weighted by Crippen LogP contribution is 2.43. The van der Waals surface area contributed by atoms with Crippen molar-refractivity contribution in [3.8, 4) is 0 Å². The van der Waals surface area contributed by atoms with Gasteiger partial charge in [-0.15, -0.1) is 0 Å². The summed E-state index contributed by atoms with van der Waals surface area (Å²) in [6.07, 6.45) is 8.70. The Morgan fingerprint density at radius 2 is 1.93 bits per heavy atom. The minimum absolute atomic E-state index is 0.0371. The minimum atomic E-state index is 0.0371. The molecule has 15 heavy (non-hydrogen) atoms. The quantitative estimate of drug-likeness (QED) is 0.738. The fourth-order valence-electron chi connectivity index (χ4n) is 2.17. The van der Waals surface area contributed by atoms with Crippen LogP contribution in [0.4, 0.5) is 4.79 Å². The van der Waals surface area contributed by atoms with Crippen molar-refractivity contribution in [3.05, 3.63) is 0 Å². The van der Waals surface area contributed by atoms with Crippen LogP contribution in [0.1, 0.15) is 51.9 Å². The molecule has 0 aromatic heterocycles. The van der Waals surface area contributed by atoms with Gasteiger partial charge in [-0.1, -0.05) is 26.2 Å². The summed E-state index contributed by atoms with van der Waals surface area (Å²) in [6.45, 7) is 3.07. The molecule has 0 atom stereocenters. The highest BCUT2D eigenvalue weighted by atomic mass is 16.2. The van der Waals surface area contributed by atoms with Gasteiger partial charge in [0.05, 0.1) is 0 Å². The predicted octanol–water partition coefficient (Wildman–Crippen LogP) is 2.42. The normalized spacial score (nSPS) is 24.6. The van der Waals surface area contributed by atoms with E-state index in [2.05, 4.69) is 17.6 Å². The highest BCUT2D eigenvalue weighted by Gasteiger charge is 2.37. The zero-order valence-electron chi connectivity index (χ0n) is 9.64. The van der Waals surface area contributed by atoms with E-state index < -0.39 is 0 Å². The molecule has 0 spiro atoms. The molecular formula is C12H22N2O. The maximum Gasteiger partial charge on any atom is 0.315 e. The van der Waals surface area contributed by atoms with Gasteiger partial charge in [-0.25, -0.2) is 4.79 Å². The molecule has 0 aromatic rings. The fourth-order valence-corrected chi connectivity index (χ4v) is 2.17. The second-order valence-electron chi connectivity index (χ2n) is 5.47. The van der Waals surface area contributed by atoms with Crippen LogP contribution in [0.3, 0.4) is 0 Å². The SMILES string of the molecule is CC1(CNC(=O)NC2CCCCC2)CC1. The fraction of sp³-hybridized carbons (Fsp3) is 0.917. The first-order valence-corrected chi connectivity index (χ1v) is 6.22. The van der Waals surface area contributed by atoms with Crippen molar-refractivity contribution >= 4 is 6.03 Å². The van der Waals surface area contributed by atoms with Crippen LogP contribution in [0.25, 0.3) is 0 Å². The Balaban J connectivity index is 1.62. The molecule has 0 aliphatic heterocycles. The monoisotopic (exact) mass is 210 g/mol.